The van der Waals surface area contributed by atoms with Crippen LogP contribution < -0.4 is 5.32 Å². The first-order valence-corrected chi connectivity index (χ1v) is 9.34. The van der Waals surface area contributed by atoms with Crippen LogP contribution in [0.5, 0.6) is 0 Å². The van der Waals surface area contributed by atoms with Crippen molar-refractivity contribution in [2.45, 2.75) is 26.4 Å². The molecule has 0 aromatic heterocycles. The van der Waals surface area contributed by atoms with Gasteiger partial charge in [0.2, 0.25) is 0 Å². The fourth-order valence-electron chi connectivity index (χ4n) is 3.00. The Morgan fingerprint density at radius 2 is 1.70 bits per heavy atom. The van der Waals surface area contributed by atoms with Crippen LogP contribution in [0.1, 0.15) is 29.7 Å². The number of halogens is 1. The maximum atomic E-state index is 13.1. The van der Waals surface area contributed by atoms with Crippen LogP contribution in [0.4, 0.5) is 10.5 Å². The van der Waals surface area contributed by atoms with Crippen LogP contribution in [0.3, 0.4) is 0 Å². The fourth-order valence-corrected chi connectivity index (χ4v) is 3.13. The topological polar surface area (TPSA) is 32.3 Å². The quantitative estimate of drug-likeness (QED) is 0.544. The second-order valence-electron chi connectivity index (χ2n) is 6.64. The lowest BCUT2D eigenvalue weighted by molar-refractivity contribution is 0.189. The Labute approximate surface area is 165 Å². The molecule has 1 N–H and O–H groups in total. The van der Waals surface area contributed by atoms with Crippen LogP contribution in [0.25, 0.3) is 0 Å². The molecule has 0 bridgehead atoms. The number of aryl methyl sites for hydroxylation is 1. The molecule has 138 valence electrons. The number of carbonyl (C=O) groups is 1. The highest BCUT2D eigenvalue weighted by atomic mass is 35.5. The lowest BCUT2D eigenvalue weighted by Crippen LogP contribution is -2.36. The molecule has 0 fully saturated rings. The molecule has 1 unspecified atom stereocenters. The van der Waals surface area contributed by atoms with Gasteiger partial charge in [0.25, 0.3) is 0 Å². The molecule has 27 heavy (non-hydrogen) atoms. The molecular weight excluding hydrogens is 356 g/mol. The Balaban J connectivity index is 1.86. The van der Waals surface area contributed by atoms with Gasteiger partial charge in [0, 0.05) is 17.3 Å². The van der Waals surface area contributed by atoms with Crippen LogP contribution in [0.2, 0.25) is 5.02 Å². The van der Waals surface area contributed by atoms with E-state index in [2.05, 4.69) is 5.32 Å². The van der Waals surface area contributed by atoms with E-state index in [1.165, 1.54) is 0 Å². The zero-order valence-electron chi connectivity index (χ0n) is 15.5. The van der Waals surface area contributed by atoms with Crippen molar-refractivity contribution >= 4 is 23.3 Å². The first kappa shape index (κ1) is 19.0. The van der Waals surface area contributed by atoms with E-state index in [1.807, 2.05) is 97.6 Å². The molecule has 0 aliphatic carbocycles. The van der Waals surface area contributed by atoms with Gasteiger partial charge in [-0.2, -0.15) is 0 Å². The minimum atomic E-state index is -0.132. The Morgan fingerprint density at radius 1 is 1.00 bits per heavy atom. The van der Waals surface area contributed by atoms with E-state index in [-0.39, 0.29) is 12.1 Å². The normalized spacial score (nSPS) is 11.7. The summed E-state index contributed by atoms with van der Waals surface area (Å²) in [5.74, 6) is 0. The monoisotopic (exact) mass is 378 g/mol. The minimum Gasteiger partial charge on any atom is -0.313 e. The summed E-state index contributed by atoms with van der Waals surface area (Å²) in [6, 6.07) is 25.2. The summed E-state index contributed by atoms with van der Waals surface area (Å²) in [7, 11) is 0. The number of urea groups is 1. The molecule has 3 aromatic rings. The SMILES string of the molecule is Cc1cccc(NC(=O)N(Cc2ccc(Cl)cc2)C(C)c2ccccc2)c1. The summed E-state index contributed by atoms with van der Waals surface area (Å²) in [4.78, 5) is 14.9. The predicted octanol–water partition coefficient (Wildman–Crippen LogP) is 6.44. The van der Waals surface area contributed by atoms with Crippen molar-refractivity contribution in [2.24, 2.45) is 0 Å². The number of amides is 2. The maximum absolute atomic E-state index is 13.1. The molecule has 0 spiro atoms. The van der Waals surface area contributed by atoms with Crippen LogP contribution >= 0.6 is 11.6 Å². The average Bonchev–Trinajstić information content (AvgIpc) is 2.67. The summed E-state index contributed by atoms with van der Waals surface area (Å²) in [5.41, 5.74) is 4.02. The van der Waals surface area contributed by atoms with E-state index in [9.17, 15) is 4.79 Å². The highest BCUT2D eigenvalue weighted by Gasteiger charge is 2.22. The summed E-state index contributed by atoms with van der Waals surface area (Å²) in [6.07, 6.45) is 0. The van der Waals surface area contributed by atoms with Crippen LogP contribution in [-0.4, -0.2) is 10.9 Å². The second-order valence-corrected chi connectivity index (χ2v) is 7.08. The number of rotatable bonds is 5. The first-order chi connectivity index (χ1) is 13.0. The van der Waals surface area contributed by atoms with Gasteiger partial charge in [-0.05, 0) is 54.8 Å². The van der Waals surface area contributed by atoms with E-state index in [4.69, 9.17) is 11.6 Å². The Morgan fingerprint density at radius 3 is 2.37 bits per heavy atom. The Kier molecular flexibility index (Phi) is 6.15. The second kappa shape index (κ2) is 8.74. The van der Waals surface area contributed by atoms with E-state index >= 15 is 0 Å². The zero-order chi connectivity index (χ0) is 19.2. The molecule has 4 heteroatoms. The molecule has 0 aliphatic rings. The number of nitrogens with one attached hydrogen (secondary N) is 1. The van der Waals surface area contributed by atoms with Crippen molar-refractivity contribution in [3.05, 3.63) is 101 Å². The molecule has 3 rings (SSSR count). The number of hydrogen-bond donors (Lipinski definition) is 1. The third-order valence-corrected chi connectivity index (χ3v) is 4.80. The maximum Gasteiger partial charge on any atom is 0.322 e. The number of carbonyl (C=O) groups excluding carboxylic acids is 1. The van der Waals surface area contributed by atoms with Gasteiger partial charge in [-0.25, -0.2) is 4.79 Å². The van der Waals surface area contributed by atoms with Gasteiger partial charge >= 0.3 is 6.03 Å². The molecule has 2 amide bonds. The molecule has 0 saturated heterocycles. The molecular formula is C23H23ClN2O. The number of nitrogens with zero attached hydrogens (tertiary/aromatic N) is 1. The molecule has 0 aliphatic heterocycles. The number of hydrogen-bond acceptors (Lipinski definition) is 1. The van der Waals surface area contributed by atoms with Crippen LogP contribution in [0, 0.1) is 6.92 Å². The van der Waals surface area contributed by atoms with E-state index in [0.717, 1.165) is 22.4 Å². The number of anilines is 1. The van der Waals surface area contributed by atoms with Crippen LogP contribution in [0.15, 0.2) is 78.9 Å². The third kappa shape index (κ3) is 5.11. The summed E-state index contributed by atoms with van der Waals surface area (Å²) < 4.78 is 0. The van der Waals surface area contributed by atoms with E-state index in [0.29, 0.717) is 11.6 Å². The standard InChI is InChI=1S/C23H23ClN2O/c1-17-7-6-10-22(15-17)25-23(27)26(16-19-11-13-21(24)14-12-19)18(2)20-8-4-3-5-9-20/h3-15,18H,16H2,1-2H3,(H,25,27). The van der Waals surface area contributed by atoms with Gasteiger partial charge < -0.3 is 10.2 Å². The molecule has 1 atom stereocenters. The lowest BCUT2D eigenvalue weighted by atomic mass is 10.1. The van der Waals surface area contributed by atoms with E-state index in [1.54, 1.807) is 0 Å². The van der Waals surface area contributed by atoms with Gasteiger partial charge in [-0.15, -0.1) is 0 Å². The Bertz CT molecular complexity index is 894. The van der Waals surface area contributed by atoms with Gasteiger partial charge in [0.1, 0.15) is 0 Å². The fraction of sp³-hybridized carbons (Fsp3) is 0.174. The largest absolute Gasteiger partial charge is 0.322 e. The average molecular weight is 379 g/mol. The third-order valence-electron chi connectivity index (χ3n) is 4.55. The van der Waals surface area contributed by atoms with Gasteiger partial charge in [0.15, 0.2) is 0 Å². The highest BCUT2D eigenvalue weighted by Crippen LogP contribution is 2.24. The number of benzene rings is 3. The molecule has 3 aromatic carbocycles. The van der Waals surface area contributed by atoms with Gasteiger partial charge in [-0.1, -0.05) is 66.2 Å². The smallest absolute Gasteiger partial charge is 0.313 e. The van der Waals surface area contributed by atoms with Crippen molar-refractivity contribution in [3.63, 3.8) is 0 Å². The van der Waals surface area contributed by atoms with Gasteiger partial charge in [-0.3, -0.25) is 0 Å². The van der Waals surface area contributed by atoms with Crippen molar-refractivity contribution < 1.29 is 4.79 Å². The molecule has 0 radical (unpaired) electrons. The van der Waals surface area contributed by atoms with E-state index < -0.39 is 0 Å². The van der Waals surface area contributed by atoms with Crippen molar-refractivity contribution in [3.8, 4) is 0 Å². The predicted molar refractivity (Wildman–Crippen MR) is 112 cm³/mol. The highest BCUT2D eigenvalue weighted by molar-refractivity contribution is 6.30. The molecule has 3 nitrogen and oxygen atoms in total. The zero-order valence-corrected chi connectivity index (χ0v) is 16.3. The molecule has 0 heterocycles. The van der Waals surface area contributed by atoms with Crippen molar-refractivity contribution in [1.82, 2.24) is 4.90 Å². The van der Waals surface area contributed by atoms with Crippen LogP contribution in [-0.2, 0) is 6.54 Å². The minimum absolute atomic E-state index is 0.0771. The van der Waals surface area contributed by atoms with Gasteiger partial charge in [0.05, 0.1) is 6.04 Å². The first-order valence-electron chi connectivity index (χ1n) is 8.96. The summed E-state index contributed by atoms with van der Waals surface area (Å²) in [6.45, 7) is 4.54. The van der Waals surface area contributed by atoms with Crippen molar-refractivity contribution in [2.75, 3.05) is 5.32 Å². The summed E-state index contributed by atoms with van der Waals surface area (Å²) >= 11 is 6.00. The Hall–Kier alpha value is -2.78. The molecule has 0 saturated carbocycles. The summed E-state index contributed by atoms with van der Waals surface area (Å²) in [5, 5.41) is 3.71. The van der Waals surface area contributed by atoms with Crippen molar-refractivity contribution in [1.29, 1.82) is 0 Å². The lowest BCUT2D eigenvalue weighted by Gasteiger charge is -2.30.